The van der Waals surface area contributed by atoms with E-state index in [0.29, 0.717) is 5.41 Å². The number of ether oxygens (including phenoxy) is 1. The fourth-order valence-electron chi connectivity index (χ4n) is 2.05. The lowest BCUT2D eigenvalue weighted by molar-refractivity contribution is -0.131. The van der Waals surface area contributed by atoms with E-state index < -0.39 is 0 Å². The molecule has 1 N–H and O–H groups in total. The van der Waals surface area contributed by atoms with Crippen LogP contribution in [0.1, 0.15) is 53.4 Å². The smallest absolute Gasteiger partial charge is 0.246 e. The lowest BCUT2D eigenvalue weighted by Gasteiger charge is -2.24. The van der Waals surface area contributed by atoms with E-state index in [1.165, 1.54) is 25.7 Å². The third-order valence-electron chi connectivity index (χ3n) is 3.16. The first kappa shape index (κ1) is 13.5. The summed E-state index contributed by atoms with van der Waals surface area (Å²) in [5, 5.41) is 2.97. The second kappa shape index (κ2) is 5.17. The van der Waals surface area contributed by atoms with E-state index in [1.54, 1.807) is 0 Å². The molecule has 1 aliphatic carbocycles. The van der Waals surface area contributed by atoms with Gasteiger partial charge in [-0.25, -0.2) is 0 Å². The van der Waals surface area contributed by atoms with Crippen molar-refractivity contribution < 1.29 is 9.53 Å². The molecule has 0 heterocycles. The van der Waals surface area contributed by atoms with E-state index in [9.17, 15) is 4.79 Å². The van der Waals surface area contributed by atoms with Crippen molar-refractivity contribution in [3.63, 3.8) is 0 Å². The maximum absolute atomic E-state index is 11.6. The van der Waals surface area contributed by atoms with Crippen molar-refractivity contribution in [2.24, 2.45) is 5.41 Å². The lowest BCUT2D eigenvalue weighted by atomic mass is 9.89. The summed E-state index contributed by atoms with van der Waals surface area (Å²) in [6.45, 7) is 9.08. The maximum Gasteiger partial charge on any atom is 0.246 e. The highest BCUT2D eigenvalue weighted by molar-refractivity contribution is 5.77. The van der Waals surface area contributed by atoms with E-state index in [4.69, 9.17) is 4.74 Å². The highest BCUT2D eigenvalue weighted by Crippen LogP contribution is 2.36. The van der Waals surface area contributed by atoms with Gasteiger partial charge in [-0.05, 0) is 39.0 Å². The number of carbonyl (C=O) groups excluding carboxylic acids is 1. The zero-order chi connectivity index (χ0) is 12.2. The number of amides is 1. The molecule has 1 rings (SSSR count). The maximum atomic E-state index is 11.6. The van der Waals surface area contributed by atoms with Crippen molar-refractivity contribution in [3.05, 3.63) is 0 Å². The van der Waals surface area contributed by atoms with Gasteiger partial charge in [0.2, 0.25) is 5.91 Å². The summed E-state index contributed by atoms with van der Waals surface area (Å²) in [6, 6.07) is 0. The van der Waals surface area contributed by atoms with Gasteiger partial charge in [-0.3, -0.25) is 4.79 Å². The molecule has 0 aromatic carbocycles. The van der Waals surface area contributed by atoms with Crippen LogP contribution in [0.4, 0.5) is 0 Å². The predicted molar refractivity (Wildman–Crippen MR) is 65.3 cm³/mol. The first-order valence-electron chi connectivity index (χ1n) is 6.21. The van der Waals surface area contributed by atoms with Crippen LogP contribution in [0.5, 0.6) is 0 Å². The number of hydrogen-bond acceptors (Lipinski definition) is 2. The van der Waals surface area contributed by atoms with Crippen molar-refractivity contribution in [2.45, 2.75) is 59.0 Å². The standard InChI is InChI=1S/C13H25NO2/c1-12(2,3)16-9-11(15)14-10-13(4)7-5-6-8-13/h5-10H2,1-4H3,(H,14,15). The molecule has 0 saturated heterocycles. The summed E-state index contributed by atoms with van der Waals surface area (Å²) in [5.74, 6) is 0.00282. The first-order valence-corrected chi connectivity index (χ1v) is 6.21. The Morgan fingerprint density at radius 2 is 1.88 bits per heavy atom. The van der Waals surface area contributed by atoms with Gasteiger partial charge in [-0.1, -0.05) is 19.8 Å². The Kier molecular flexibility index (Phi) is 4.36. The third-order valence-corrected chi connectivity index (χ3v) is 3.16. The topological polar surface area (TPSA) is 38.3 Å². The minimum Gasteiger partial charge on any atom is -0.366 e. The summed E-state index contributed by atoms with van der Waals surface area (Å²) in [6.07, 6.45) is 5.05. The highest BCUT2D eigenvalue weighted by Gasteiger charge is 2.28. The second-order valence-electron chi connectivity index (χ2n) is 6.20. The molecule has 0 aromatic rings. The summed E-state index contributed by atoms with van der Waals surface area (Å²) >= 11 is 0. The lowest BCUT2D eigenvalue weighted by Crippen LogP contribution is -2.37. The van der Waals surface area contributed by atoms with Gasteiger partial charge < -0.3 is 10.1 Å². The normalized spacial score (nSPS) is 19.8. The monoisotopic (exact) mass is 227 g/mol. The Bertz CT molecular complexity index is 237. The van der Waals surface area contributed by atoms with Crippen LogP contribution in [0.3, 0.4) is 0 Å². The van der Waals surface area contributed by atoms with Crippen LogP contribution in [-0.4, -0.2) is 24.7 Å². The quantitative estimate of drug-likeness (QED) is 0.801. The molecule has 0 atom stereocenters. The highest BCUT2D eigenvalue weighted by atomic mass is 16.5. The van der Waals surface area contributed by atoms with Gasteiger partial charge in [-0.2, -0.15) is 0 Å². The molecule has 0 spiro atoms. The van der Waals surface area contributed by atoms with Crippen LogP contribution >= 0.6 is 0 Å². The molecule has 3 nitrogen and oxygen atoms in total. The first-order chi connectivity index (χ1) is 7.31. The number of hydrogen-bond donors (Lipinski definition) is 1. The fraction of sp³-hybridized carbons (Fsp3) is 0.923. The van der Waals surface area contributed by atoms with Gasteiger partial charge in [-0.15, -0.1) is 0 Å². The third kappa shape index (κ3) is 4.97. The molecule has 1 saturated carbocycles. The van der Waals surface area contributed by atoms with Crippen molar-refractivity contribution >= 4 is 5.91 Å². The second-order valence-corrected chi connectivity index (χ2v) is 6.20. The molecule has 0 unspecified atom stereocenters. The number of nitrogens with one attached hydrogen (secondary N) is 1. The zero-order valence-corrected chi connectivity index (χ0v) is 11.1. The Morgan fingerprint density at radius 3 is 2.38 bits per heavy atom. The van der Waals surface area contributed by atoms with Crippen LogP contribution in [0.15, 0.2) is 0 Å². The largest absolute Gasteiger partial charge is 0.366 e. The van der Waals surface area contributed by atoms with E-state index in [2.05, 4.69) is 12.2 Å². The molecule has 94 valence electrons. The van der Waals surface area contributed by atoms with Gasteiger partial charge in [0.05, 0.1) is 5.60 Å². The average Bonchev–Trinajstić information content (AvgIpc) is 2.59. The van der Waals surface area contributed by atoms with Crippen LogP contribution in [0.25, 0.3) is 0 Å². The minimum absolute atomic E-state index is 0.00282. The van der Waals surface area contributed by atoms with Crippen LogP contribution in [-0.2, 0) is 9.53 Å². The summed E-state index contributed by atoms with van der Waals surface area (Å²) in [7, 11) is 0. The molecule has 3 heteroatoms. The summed E-state index contributed by atoms with van der Waals surface area (Å²) in [5.41, 5.74) is 0.0754. The number of rotatable bonds is 4. The van der Waals surface area contributed by atoms with Crippen LogP contribution in [0, 0.1) is 5.41 Å². The Labute approximate surface area is 98.9 Å². The van der Waals surface area contributed by atoms with Gasteiger partial charge in [0.15, 0.2) is 0 Å². The van der Waals surface area contributed by atoms with E-state index >= 15 is 0 Å². The molecule has 0 bridgehead atoms. The van der Waals surface area contributed by atoms with Crippen molar-refractivity contribution in [3.8, 4) is 0 Å². The fourth-order valence-corrected chi connectivity index (χ4v) is 2.05. The molecule has 0 aliphatic heterocycles. The molecule has 1 fully saturated rings. The Balaban J connectivity index is 2.20. The predicted octanol–water partition coefficient (Wildman–Crippen LogP) is 2.50. The van der Waals surface area contributed by atoms with Crippen LogP contribution < -0.4 is 5.32 Å². The Morgan fingerprint density at radius 1 is 1.31 bits per heavy atom. The SMILES string of the molecule is CC1(CNC(=O)COC(C)(C)C)CCCC1. The van der Waals surface area contributed by atoms with Gasteiger partial charge >= 0.3 is 0 Å². The van der Waals surface area contributed by atoms with Crippen molar-refractivity contribution in [1.82, 2.24) is 5.32 Å². The molecule has 1 amide bonds. The molecule has 0 aromatic heterocycles. The zero-order valence-electron chi connectivity index (χ0n) is 11.1. The van der Waals surface area contributed by atoms with E-state index in [0.717, 1.165) is 6.54 Å². The molecular weight excluding hydrogens is 202 g/mol. The van der Waals surface area contributed by atoms with Crippen molar-refractivity contribution in [2.75, 3.05) is 13.2 Å². The number of carbonyl (C=O) groups is 1. The molecule has 0 radical (unpaired) electrons. The van der Waals surface area contributed by atoms with Gasteiger partial charge in [0.25, 0.3) is 0 Å². The minimum atomic E-state index is -0.241. The average molecular weight is 227 g/mol. The van der Waals surface area contributed by atoms with Gasteiger partial charge in [0, 0.05) is 6.54 Å². The van der Waals surface area contributed by atoms with Gasteiger partial charge in [0.1, 0.15) is 6.61 Å². The van der Waals surface area contributed by atoms with E-state index in [-0.39, 0.29) is 18.1 Å². The van der Waals surface area contributed by atoms with Crippen LogP contribution in [0.2, 0.25) is 0 Å². The van der Waals surface area contributed by atoms with Crippen molar-refractivity contribution in [1.29, 1.82) is 0 Å². The van der Waals surface area contributed by atoms with E-state index in [1.807, 2.05) is 20.8 Å². The molecular formula is C13H25NO2. The molecule has 16 heavy (non-hydrogen) atoms. The summed E-state index contributed by atoms with van der Waals surface area (Å²) in [4.78, 5) is 11.6. The summed E-state index contributed by atoms with van der Waals surface area (Å²) < 4.78 is 5.43. The Hall–Kier alpha value is -0.570. The molecule has 1 aliphatic rings.